The lowest BCUT2D eigenvalue weighted by Gasteiger charge is -2.26. The molecule has 2 aromatic rings. The fourth-order valence-electron chi connectivity index (χ4n) is 4.16. The number of fused-ring (bicyclic) bond motifs is 1. The first kappa shape index (κ1) is 21.0. The van der Waals surface area contributed by atoms with E-state index >= 15 is 0 Å². The Morgan fingerprint density at radius 1 is 1.07 bits per heavy atom. The van der Waals surface area contributed by atoms with E-state index in [9.17, 15) is 13.2 Å². The van der Waals surface area contributed by atoms with Gasteiger partial charge in [0.1, 0.15) is 0 Å². The van der Waals surface area contributed by atoms with Crippen LogP contribution < -0.4 is 5.32 Å². The summed E-state index contributed by atoms with van der Waals surface area (Å²) in [6, 6.07) is 11.0. The molecule has 0 saturated carbocycles. The molecule has 6 nitrogen and oxygen atoms in total. The Balaban J connectivity index is 1.54. The van der Waals surface area contributed by atoms with Crippen LogP contribution in [-0.2, 0) is 27.6 Å². The molecule has 0 spiro atoms. The lowest BCUT2D eigenvalue weighted by atomic mass is 10.0. The summed E-state index contributed by atoms with van der Waals surface area (Å²) >= 11 is 0. The quantitative estimate of drug-likeness (QED) is 0.794. The second-order valence-electron chi connectivity index (χ2n) is 8.07. The fraction of sp³-hybridized carbons (Fsp3) is 0.435. The van der Waals surface area contributed by atoms with E-state index in [2.05, 4.69) is 23.5 Å². The molecule has 1 fully saturated rings. The minimum Gasteiger partial charge on any atom is -0.379 e. The smallest absolute Gasteiger partial charge is 0.252 e. The number of nitrogens with one attached hydrogen (secondary N) is 1. The molecule has 1 aliphatic heterocycles. The molecule has 1 heterocycles. The van der Waals surface area contributed by atoms with Gasteiger partial charge in [0.15, 0.2) is 0 Å². The average molecular weight is 429 g/mol. The molecule has 160 valence electrons. The highest BCUT2D eigenvalue weighted by Crippen LogP contribution is 2.26. The summed E-state index contributed by atoms with van der Waals surface area (Å²) in [7, 11) is -3.65. The molecule has 1 aliphatic carbocycles. The van der Waals surface area contributed by atoms with Crippen LogP contribution in [0, 0.1) is 6.92 Å². The standard InChI is InChI=1S/C23H28N2O4S/c1-16-6-9-21(30(27,28)25-10-12-29-13-11-25)15-22(16)23(26)24-17(2)19-8-7-18-4-3-5-20(18)14-19/h6-9,14-15,17H,3-5,10-13H2,1-2H3,(H,24,26)/t17-/m1/s1. The molecule has 0 radical (unpaired) electrons. The van der Waals surface area contributed by atoms with Crippen molar-refractivity contribution in [1.29, 1.82) is 0 Å². The first-order valence-corrected chi connectivity index (χ1v) is 11.9. The Bertz CT molecular complexity index is 1060. The van der Waals surface area contributed by atoms with Crippen LogP contribution in [0.2, 0.25) is 0 Å². The molecule has 2 aromatic carbocycles. The van der Waals surface area contributed by atoms with Gasteiger partial charge in [0.05, 0.1) is 24.2 Å². The first-order valence-electron chi connectivity index (χ1n) is 10.5. The van der Waals surface area contributed by atoms with Crippen molar-refractivity contribution < 1.29 is 17.9 Å². The van der Waals surface area contributed by atoms with Gasteiger partial charge >= 0.3 is 0 Å². The van der Waals surface area contributed by atoms with Crippen molar-refractivity contribution in [3.05, 3.63) is 64.2 Å². The summed E-state index contributed by atoms with van der Waals surface area (Å²) < 4.78 is 32.6. The highest BCUT2D eigenvalue weighted by Gasteiger charge is 2.27. The highest BCUT2D eigenvalue weighted by molar-refractivity contribution is 7.89. The molecular formula is C23H28N2O4S. The number of hydrogen-bond acceptors (Lipinski definition) is 4. The lowest BCUT2D eigenvalue weighted by molar-refractivity contribution is 0.0730. The minimum absolute atomic E-state index is 0.144. The molecule has 0 unspecified atom stereocenters. The zero-order valence-corrected chi connectivity index (χ0v) is 18.3. The maximum absolute atomic E-state index is 13.0. The van der Waals surface area contributed by atoms with Gasteiger partial charge < -0.3 is 10.1 Å². The Labute approximate surface area is 178 Å². The molecule has 4 rings (SSSR count). The number of aryl methyl sites for hydroxylation is 3. The third kappa shape index (κ3) is 4.15. The second-order valence-corrected chi connectivity index (χ2v) is 10.0. The molecule has 0 aromatic heterocycles. The van der Waals surface area contributed by atoms with Gasteiger partial charge in [-0.2, -0.15) is 4.31 Å². The molecule has 1 amide bonds. The molecule has 0 bridgehead atoms. The van der Waals surface area contributed by atoms with E-state index < -0.39 is 10.0 Å². The van der Waals surface area contributed by atoms with E-state index in [4.69, 9.17) is 4.74 Å². The van der Waals surface area contributed by atoms with E-state index in [1.807, 2.05) is 13.8 Å². The van der Waals surface area contributed by atoms with Gasteiger partial charge in [0.25, 0.3) is 5.91 Å². The number of sulfonamides is 1. The van der Waals surface area contributed by atoms with Gasteiger partial charge in [-0.1, -0.05) is 24.3 Å². The largest absolute Gasteiger partial charge is 0.379 e. The van der Waals surface area contributed by atoms with Crippen LogP contribution in [0.5, 0.6) is 0 Å². The predicted octanol–water partition coefficient (Wildman–Crippen LogP) is 3.00. The zero-order chi connectivity index (χ0) is 21.3. The molecule has 7 heteroatoms. The lowest BCUT2D eigenvalue weighted by Crippen LogP contribution is -2.40. The summed E-state index contributed by atoms with van der Waals surface area (Å²) in [6.07, 6.45) is 3.40. The number of benzene rings is 2. The number of morpholine rings is 1. The summed E-state index contributed by atoms with van der Waals surface area (Å²) in [5.74, 6) is -0.264. The van der Waals surface area contributed by atoms with Gasteiger partial charge in [-0.05, 0) is 67.5 Å². The SMILES string of the molecule is Cc1ccc(S(=O)(=O)N2CCOCC2)cc1C(=O)N[C@H](C)c1ccc2c(c1)CCC2. The fourth-order valence-corrected chi connectivity index (χ4v) is 5.60. The number of amides is 1. The van der Waals surface area contributed by atoms with E-state index in [0.29, 0.717) is 31.9 Å². The van der Waals surface area contributed by atoms with Crippen LogP contribution in [0.4, 0.5) is 0 Å². The Kier molecular flexibility index (Phi) is 5.95. The number of ether oxygens (including phenoxy) is 1. The number of hydrogen-bond donors (Lipinski definition) is 1. The number of carbonyl (C=O) groups excluding carboxylic acids is 1. The summed E-state index contributed by atoms with van der Waals surface area (Å²) in [5.41, 5.74) is 4.96. The van der Waals surface area contributed by atoms with Gasteiger partial charge in [-0.3, -0.25) is 4.79 Å². The van der Waals surface area contributed by atoms with Crippen LogP contribution in [-0.4, -0.2) is 44.9 Å². The highest BCUT2D eigenvalue weighted by atomic mass is 32.2. The molecular weight excluding hydrogens is 400 g/mol. The molecule has 1 saturated heterocycles. The van der Waals surface area contributed by atoms with Gasteiger partial charge in [0, 0.05) is 18.7 Å². The van der Waals surface area contributed by atoms with Crippen molar-refractivity contribution in [2.45, 2.75) is 44.0 Å². The summed E-state index contributed by atoms with van der Waals surface area (Å²) in [5, 5.41) is 3.04. The van der Waals surface area contributed by atoms with Gasteiger partial charge in [0.2, 0.25) is 10.0 Å². The first-order chi connectivity index (χ1) is 14.4. The van der Waals surface area contributed by atoms with E-state index in [1.165, 1.54) is 27.9 Å². The van der Waals surface area contributed by atoms with Crippen LogP contribution in [0.3, 0.4) is 0 Å². The van der Waals surface area contributed by atoms with Crippen LogP contribution in [0.25, 0.3) is 0 Å². The van der Waals surface area contributed by atoms with Crippen LogP contribution in [0.1, 0.15) is 52.0 Å². The van der Waals surface area contributed by atoms with Crippen molar-refractivity contribution in [2.24, 2.45) is 0 Å². The monoisotopic (exact) mass is 428 g/mol. The van der Waals surface area contributed by atoms with Crippen molar-refractivity contribution in [1.82, 2.24) is 9.62 Å². The van der Waals surface area contributed by atoms with E-state index in [1.54, 1.807) is 12.1 Å². The topological polar surface area (TPSA) is 75.7 Å². The third-order valence-corrected chi connectivity index (χ3v) is 7.93. The van der Waals surface area contributed by atoms with Crippen molar-refractivity contribution in [2.75, 3.05) is 26.3 Å². The van der Waals surface area contributed by atoms with Crippen molar-refractivity contribution in [3.63, 3.8) is 0 Å². The Morgan fingerprint density at radius 2 is 1.80 bits per heavy atom. The van der Waals surface area contributed by atoms with Gasteiger partial charge in [-0.25, -0.2) is 8.42 Å². The maximum atomic E-state index is 13.0. The average Bonchev–Trinajstić information content (AvgIpc) is 3.22. The van der Waals surface area contributed by atoms with Crippen molar-refractivity contribution in [3.8, 4) is 0 Å². The van der Waals surface area contributed by atoms with E-state index in [0.717, 1.165) is 24.0 Å². The molecule has 1 N–H and O–H groups in total. The maximum Gasteiger partial charge on any atom is 0.252 e. The second kappa shape index (κ2) is 8.49. The molecule has 1 atom stereocenters. The summed E-state index contributed by atoms with van der Waals surface area (Å²) in [6.45, 7) is 5.20. The number of nitrogens with zero attached hydrogens (tertiary/aromatic N) is 1. The predicted molar refractivity (Wildman–Crippen MR) is 115 cm³/mol. The van der Waals surface area contributed by atoms with Crippen LogP contribution >= 0.6 is 0 Å². The number of carbonyl (C=O) groups is 1. The Hall–Kier alpha value is -2.22. The third-order valence-electron chi connectivity index (χ3n) is 6.03. The summed E-state index contributed by atoms with van der Waals surface area (Å²) in [4.78, 5) is 13.1. The Morgan fingerprint density at radius 3 is 2.57 bits per heavy atom. The molecule has 30 heavy (non-hydrogen) atoms. The van der Waals surface area contributed by atoms with E-state index in [-0.39, 0.29) is 16.8 Å². The normalized spacial score (nSPS) is 18.1. The molecule has 2 aliphatic rings. The van der Waals surface area contributed by atoms with Crippen molar-refractivity contribution >= 4 is 15.9 Å². The minimum atomic E-state index is -3.65. The van der Waals surface area contributed by atoms with Crippen LogP contribution in [0.15, 0.2) is 41.3 Å². The number of rotatable bonds is 5. The van der Waals surface area contributed by atoms with Gasteiger partial charge in [-0.15, -0.1) is 0 Å². The zero-order valence-electron chi connectivity index (χ0n) is 17.5.